The standard InChI is InChI=1S/C26H26ClN3O3/c1-32-20-10-12-21(13-11-20)33-17-16-30-24-9-5-4-8-23(24)29-25(30)14-15-28-26(31)18-19-6-2-3-7-22(19)27/h2-13H,14-18H2,1H3,(H,28,31). The topological polar surface area (TPSA) is 65.4 Å². The second-order valence-electron chi connectivity index (χ2n) is 7.56. The molecule has 0 saturated heterocycles. The van der Waals surface area contributed by atoms with Crippen molar-refractivity contribution in [3.05, 3.63) is 89.2 Å². The van der Waals surface area contributed by atoms with Crippen molar-refractivity contribution < 1.29 is 14.3 Å². The fraction of sp³-hybridized carbons (Fsp3) is 0.231. The number of methoxy groups -OCH3 is 1. The number of para-hydroxylation sites is 2. The highest BCUT2D eigenvalue weighted by Crippen LogP contribution is 2.19. The van der Waals surface area contributed by atoms with Gasteiger partial charge in [0.25, 0.3) is 0 Å². The van der Waals surface area contributed by atoms with E-state index in [1.807, 2.05) is 60.7 Å². The molecule has 3 aromatic carbocycles. The third-order valence-electron chi connectivity index (χ3n) is 5.36. The number of hydrogen-bond donors (Lipinski definition) is 1. The minimum atomic E-state index is -0.0615. The summed E-state index contributed by atoms with van der Waals surface area (Å²) in [5.74, 6) is 2.43. The molecule has 1 aromatic heterocycles. The zero-order chi connectivity index (χ0) is 23.0. The van der Waals surface area contributed by atoms with Crippen LogP contribution in [0.4, 0.5) is 0 Å². The number of fused-ring (bicyclic) bond motifs is 1. The second-order valence-corrected chi connectivity index (χ2v) is 7.97. The molecule has 0 aliphatic rings. The number of hydrogen-bond acceptors (Lipinski definition) is 4. The summed E-state index contributed by atoms with van der Waals surface area (Å²) >= 11 is 6.16. The number of benzene rings is 3. The zero-order valence-electron chi connectivity index (χ0n) is 18.5. The number of carbonyl (C=O) groups is 1. The van der Waals surface area contributed by atoms with Gasteiger partial charge in [0.05, 0.1) is 31.1 Å². The number of ether oxygens (including phenoxy) is 2. The molecular formula is C26H26ClN3O3. The van der Waals surface area contributed by atoms with Crippen LogP contribution in [0, 0.1) is 0 Å². The molecular weight excluding hydrogens is 438 g/mol. The van der Waals surface area contributed by atoms with Crippen molar-refractivity contribution in [2.24, 2.45) is 0 Å². The van der Waals surface area contributed by atoms with Crippen LogP contribution in [0.25, 0.3) is 11.0 Å². The predicted octanol–water partition coefficient (Wildman–Crippen LogP) is 4.68. The van der Waals surface area contributed by atoms with Crippen LogP contribution in [0.5, 0.6) is 11.5 Å². The van der Waals surface area contributed by atoms with Gasteiger partial charge in [-0.15, -0.1) is 0 Å². The van der Waals surface area contributed by atoms with Gasteiger partial charge in [-0.25, -0.2) is 4.98 Å². The second kappa shape index (κ2) is 10.9. The minimum Gasteiger partial charge on any atom is -0.497 e. The lowest BCUT2D eigenvalue weighted by molar-refractivity contribution is -0.120. The van der Waals surface area contributed by atoms with Gasteiger partial charge in [0.15, 0.2) is 0 Å². The maximum Gasteiger partial charge on any atom is 0.224 e. The van der Waals surface area contributed by atoms with Crippen LogP contribution >= 0.6 is 11.6 Å². The molecule has 7 heteroatoms. The molecule has 4 aromatic rings. The molecule has 1 N–H and O–H groups in total. The van der Waals surface area contributed by atoms with Gasteiger partial charge < -0.3 is 19.4 Å². The first-order chi connectivity index (χ1) is 16.1. The molecule has 0 aliphatic carbocycles. The molecule has 0 spiro atoms. The molecule has 33 heavy (non-hydrogen) atoms. The molecule has 0 saturated carbocycles. The van der Waals surface area contributed by atoms with Crippen molar-refractivity contribution in [3.8, 4) is 11.5 Å². The minimum absolute atomic E-state index is 0.0615. The fourth-order valence-electron chi connectivity index (χ4n) is 3.68. The highest BCUT2D eigenvalue weighted by Gasteiger charge is 2.12. The number of aromatic nitrogens is 2. The highest BCUT2D eigenvalue weighted by molar-refractivity contribution is 6.31. The van der Waals surface area contributed by atoms with Crippen molar-refractivity contribution in [3.63, 3.8) is 0 Å². The predicted molar refractivity (Wildman–Crippen MR) is 130 cm³/mol. The van der Waals surface area contributed by atoms with Crippen LogP contribution in [0.2, 0.25) is 5.02 Å². The van der Waals surface area contributed by atoms with Crippen LogP contribution in [-0.2, 0) is 24.2 Å². The molecule has 170 valence electrons. The smallest absolute Gasteiger partial charge is 0.224 e. The van der Waals surface area contributed by atoms with Crippen LogP contribution in [0.1, 0.15) is 11.4 Å². The van der Waals surface area contributed by atoms with E-state index in [4.69, 9.17) is 26.1 Å². The third kappa shape index (κ3) is 5.84. The molecule has 0 radical (unpaired) electrons. The van der Waals surface area contributed by atoms with E-state index in [1.54, 1.807) is 13.2 Å². The van der Waals surface area contributed by atoms with Crippen molar-refractivity contribution in [2.75, 3.05) is 20.3 Å². The van der Waals surface area contributed by atoms with Crippen molar-refractivity contribution >= 4 is 28.5 Å². The third-order valence-corrected chi connectivity index (χ3v) is 5.73. The van der Waals surface area contributed by atoms with Gasteiger partial charge in [-0.1, -0.05) is 41.9 Å². The normalized spacial score (nSPS) is 10.8. The van der Waals surface area contributed by atoms with Gasteiger partial charge in [-0.3, -0.25) is 4.79 Å². The molecule has 4 rings (SSSR count). The van der Waals surface area contributed by atoms with E-state index in [0.717, 1.165) is 33.9 Å². The van der Waals surface area contributed by atoms with Crippen molar-refractivity contribution in [1.82, 2.24) is 14.9 Å². The Morgan fingerprint density at radius 1 is 1.00 bits per heavy atom. The largest absolute Gasteiger partial charge is 0.497 e. The van der Waals surface area contributed by atoms with E-state index in [-0.39, 0.29) is 12.3 Å². The lowest BCUT2D eigenvalue weighted by Gasteiger charge is -2.12. The summed E-state index contributed by atoms with van der Waals surface area (Å²) in [4.78, 5) is 17.1. The molecule has 6 nitrogen and oxygen atoms in total. The highest BCUT2D eigenvalue weighted by atomic mass is 35.5. The van der Waals surface area contributed by atoms with Gasteiger partial charge in [0.2, 0.25) is 5.91 Å². The quantitative estimate of drug-likeness (QED) is 0.371. The number of nitrogens with one attached hydrogen (secondary N) is 1. The average molecular weight is 464 g/mol. The van der Waals surface area contributed by atoms with E-state index in [0.29, 0.717) is 31.1 Å². The van der Waals surface area contributed by atoms with Crippen LogP contribution in [-0.4, -0.2) is 35.7 Å². The molecule has 0 atom stereocenters. The summed E-state index contributed by atoms with van der Waals surface area (Å²) in [6.07, 6.45) is 0.872. The Hall–Kier alpha value is -3.51. The Kier molecular flexibility index (Phi) is 7.47. The average Bonchev–Trinajstić information content (AvgIpc) is 3.18. The van der Waals surface area contributed by atoms with Gasteiger partial charge in [0, 0.05) is 18.0 Å². The number of carbonyl (C=O) groups excluding carboxylic acids is 1. The molecule has 0 unspecified atom stereocenters. The number of imidazole rings is 1. The molecule has 0 fully saturated rings. The van der Waals surface area contributed by atoms with Crippen molar-refractivity contribution in [1.29, 1.82) is 0 Å². The Bertz CT molecular complexity index is 1220. The molecule has 0 aliphatic heterocycles. The summed E-state index contributed by atoms with van der Waals surface area (Å²) in [6, 6.07) is 22.9. The number of nitrogens with zero attached hydrogens (tertiary/aromatic N) is 2. The summed E-state index contributed by atoms with van der Waals surface area (Å²) in [7, 11) is 1.64. The maximum atomic E-state index is 12.4. The Balaban J connectivity index is 1.37. The number of halogens is 1. The van der Waals surface area contributed by atoms with Crippen molar-refractivity contribution in [2.45, 2.75) is 19.4 Å². The van der Waals surface area contributed by atoms with E-state index < -0.39 is 0 Å². The summed E-state index contributed by atoms with van der Waals surface area (Å²) in [5, 5.41) is 3.58. The molecule has 1 heterocycles. The fourth-order valence-corrected chi connectivity index (χ4v) is 3.89. The Morgan fingerprint density at radius 3 is 2.52 bits per heavy atom. The Morgan fingerprint density at radius 2 is 1.73 bits per heavy atom. The van der Waals surface area contributed by atoms with Gasteiger partial charge in [-0.05, 0) is 48.0 Å². The first kappa shape index (κ1) is 22.7. The monoisotopic (exact) mass is 463 g/mol. The van der Waals surface area contributed by atoms with Crippen LogP contribution in [0.15, 0.2) is 72.8 Å². The molecule has 1 amide bonds. The van der Waals surface area contributed by atoms with E-state index in [2.05, 4.69) is 16.0 Å². The number of amides is 1. The SMILES string of the molecule is COc1ccc(OCCn2c(CCNC(=O)Cc3ccccc3Cl)nc3ccccc32)cc1. The lowest BCUT2D eigenvalue weighted by atomic mass is 10.1. The van der Waals surface area contributed by atoms with E-state index in [9.17, 15) is 4.79 Å². The summed E-state index contributed by atoms with van der Waals surface area (Å²) in [5.41, 5.74) is 2.80. The zero-order valence-corrected chi connectivity index (χ0v) is 19.2. The van der Waals surface area contributed by atoms with E-state index >= 15 is 0 Å². The lowest BCUT2D eigenvalue weighted by Crippen LogP contribution is -2.28. The summed E-state index contributed by atoms with van der Waals surface area (Å²) in [6.45, 7) is 1.64. The Labute approximate surface area is 198 Å². The van der Waals surface area contributed by atoms with Gasteiger partial charge in [0.1, 0.15) is 23.9 Å². The van der Waals surface area contributed by atoms with Crippen LogP contribution in [0.3, 0.4) is 0 Å². The first-order valence-corrected chi connectivity index (χ1v) is 11.2. The van der Waals surface area contributed by atoms with Gasteiger partial charge in [-0.2, -0.15) is 0 Å². The van der Waals surface area contributed by atoms with Crippen LogP contribution < -0.4 is 14.8 Å². The molecule has 0 bridgehead atoms. The maximum absolute atomic E-state index is 12.4. The van der Waals surface area contributed by atoms with Gasteiger partial charge >= 0.3 is 0 Å². The summed E-state index contributed by atoms with van der Waals surface area (Å²) < 4.78 is 13.3. The van der Waals surface area contributed by atoms with E-state index in [1.165, 1.54) is 0 Å². The number of rotatable bonds is 10. The first-order valence-electron chi connectivity index (χ1n) is 10.8.